The van der Waals surface area contributed by atoms with Crippen LogP contribution in [0.1, 0.15) is 20.7 Å². The number of thioether (sulfide) groups is 1. The molecule has 2 amide bonds. The molecule has 0 atom stereocenters. The van der Waals surface area contributed by atoms with Gasteiger partial charge in [-0.2, -0.15) is 0 Å². The molecule has 0 aliphatic carbocycles. The van der Waals surface area contributed by atoms with Gasteiger partial charge in [-0.1, -0.05) is 84.6 Å². The molecular weight excluding hydrogens is 418 g/mol. The highest BCUT2D eigenvalue weighted by atomic mass is 32.2. The van der Waals surface area contributed by atoms with Crippen LogP contribution in [0.15, 0.2) is 96.2 Å². The van der Waals surface area contributed by atoms with Crippen molar-refractivity contribution in [2.24, 2.45) is 0 Å². The molecule has 156 valence electrons. The lowest BCUT2D eigenvalue weighted by molar-refractivity contribution is 0.0664. The summed E-state index contributed by atoms with van der Waals surface area (Å²) >= 11 is 1.44. The zero-order valence-electron chi connectivity index (χ0n) is 17.1. The number of carbonyl (C=O) groups is 2. The summed E-state index contributed by atoms with van der Waals surface area (Å²) < 4.78 is 0. The average molecular weight is 438 g/mol. The third-order valence-electron chi connectivity index (χ3n) is 5.27. The SMILES string of the molecule is O=C1c2ccccc2C(=O)N1CCSc1nc(-c2ccccc2)cc(-c2ccccc2)n1. The Morgan fingerprint density at radius 2 is 1.12 bits per heavy atom. The van der Waals surface area contributed by atoms with Crippen LogP contribution in [0.3, 0.4) is 0 Å². The van der Waals surface area contributed by atoms with Gasteiger partial charge in [0.15, 0.2) is 5.16 Å². The molecular formula is C26H19N3O2S. The number of fused-ring (bicyclic) bond motifs is 1. The van der Waals surface area contributed by atoms with Crippen molar-refractivity contribution in [1.82, 2.24) is 14.9 Å². The van der Waals surface area contributed by atoms with E-state index in [1.165, 1.54) is 16.7 Å². The van der Waals surface area contributed by atoms with Crippen molar-refractivity contribution in [2.45, 2.75) is 5.16 Å². The highest BCUT2D eigenvalue weighted by molar-refractivity contribution is 7.99. The van der Waals surface area contributed by atoms with Crippen molar-refractivity contribution in [3.63, 3.8) is 0 Å². The fourth-order valence-corrected chi connectivity index (χ4v) is 4.46. The lowest BCUT2D eigenvalue weighted by Crippen LogP contribution is -2.31. The van der Waals surface area contributed by atoms with Gasteiger partial charge in [0.25, 0.3) is 11.8 Å². The summed E-state index contributed by atoms with van der Waals surface area (Å²) in [7, 11) is 0. The molecule has 1 aliphatic heterocycles. The Labute approximate surface area is 190 Å². The van der Waals surface area contributed by atoms with Crippen LogP contribution < -0.4 is 0 Å². The Bertz CT molecular complexity index is 1200. The topological polar surface area (TPSA) is 63.2 Å². The summed E-state index contributed by atoms with van der Waals surface area (Å²) in [6, 6.07) is 28.9. The van der Waals surface area contributed by atoms with Gasteiger partial charge in [0.05, 0.1) is 22.5 Å². The normalized spacial score (nSPS) is 12.8. The maximum atomic E-state index is 12.6. The number of benzene rings is 3. The van der Waals surface area contributed by atoms with Crippen molar-refractivity contribution in [2.75, 3.05) is 12.3 Å². The van der Waals surface area contributed by atoms with Crippen LogP contribution in [0.2, 0.25) is 0 Å². The summed E-state index contributed by atoms with van der Waals surface area (Å²) in [4.78, 5) is 36.0. The molecule has 2 heterocycles. The molecule has 0 saturated heterocycles. The average Bonchev–Trinajstić information content (AvgIpc) is 3.10. The van der Waals surface area contributed by atoms with Crippen molar-refractivity contribution >= 4 is 23.6 Å². The molecule has 1 aromatic heterocycles. The zero-order valence-corrected chi connectivity index (χ0v) is 18.0. The van der Waals surface area contributed by atoms with Crippen molar-refractivity contribution in [1.29, 1.82) is 0 Å². The second-order valence-electron chi connectivity index (χ2n) is 7.31. The first kappa shape index (κ1) is 20.2. The molecule has 1 aliphatic rings. The van der Waals surface area contributed by atoms with E-state index >= 15 is 0 Å². The van der Waals surface area contributed by atoms with Crippen LogP contribution in [0.25, 0.3) is 22.5 Å². The first-order chi connectivity index (χ1) is 15.7. The van der Waals surface area contributed by atoms with E-state index in [4.69, 9.17) is 9.97 Å². The first-order valence-corrected chi connectivity index (χ1v) is 11.3. The summed E-state index contributed by atoms with van der Waals surface area (Å²) in [5, 5.41) is 0.613. The molecule has 32 heavy (non-hydrogen) atoms. The van der Waals surface area contributed by atoms with Crippen molar-refractivity contribution in [3.8, 4) is 22.5 Å². The number of carbonyl (C=O) groups excluding carboxylic acids is 2. The van der Waals surface area contributed by atoms with E-state index in [2.05, 4.69) is 0 Å². The van der Waals surface area contributed by atoms with Crippen molar-refractivity contribution in [3.05, 3.63) is 102 Å². The standard InChI is InChI=1S/C26H19N3O2S/c30-24-20-13-7-8-14-21(20)25(31)29(24)15-16-32-26-27-22(18-9-3-1-4-10-18)17-23(28-26)19-11-5-2-6-12-19/h1-14,17H,15-16H2. The minimum atomic E-state index is -0.241. The summed E-state index contributed by atoms with van der Waals surface area (Å²) in [6.45, 7) is 0.302. The monoisotopic (exact) mass is 437 g/mol. The Hall–Kier alpha value is -3.77. The molecule has 0 fully saturated rings. The van der Waals surface area contributed by atoms with Crippen molar-refractivity contribution < 1.29 is 9.59 Å². The van der Waals surface area contributed by atoms with Crippen LogP contribution in [0.5, 0.6) is 0 Å². The number of amides is 2. The molecule has 0 saturated carbocycles. The van der Waals surface area contributed by atoms with Crippen LogP contribution in [0, 0.1) is 0 Å². The van der Waals surface area contributed by atoms with Gasteiger partial charge in [-0.3, -0.25) is 14.5 Å². The van der Waals surface area contributed by atoms with Gasteiger partial charge in [-0.25, -0.2) is 9.97 Å². The van der Waals surface area contributed by atoms with Crippen LogP contribution in [0.4, 0.5) is 0 Å². The van der Waals surface area contributed by atoms with E-state index in [0.29, 0.717) is 28.6 Å². The molecule has 6 heteroatoms. The van der Waals surface area contributed by atoms with E-state index in [-0.39, 0.29) is 11.8 Å². The third-order valence-corrected chi connectivity index (χ3v) is 6.10. The molecule has 0 spiro atoms. The molecule has 0 unspecified atom stereocenters. The minimum Gasteiger partial charge on any atom is -0.273 e. The summed E-state index contributed by atoms with van der Waals surface area (Å²) in [5.41, 5.74) is 4.63. The lowest BCUT2D eigenvalue weighted by Gasteiger charge is -2.13. The van der Waals surface area contributed by atoms with Crippen LogP contribution in [-0.2, 0) is 0 Å². The highest BCUT2D eigenvalue weighted by Crippen LogP contribution is 2.28. The number of nitrogens with zero attached hydrogens (tertiary/aromatic N) is 3. The Morgan fingerprint density at radius 3 is 1.62 bits per heavy atom. The van der Waals surface area contributed by atoms with Gasteiger partial charge in [0.2, 0.25) is 0 Å². The van der Waals surface area contributed by atoms with Gasteiger partial charge in [0.1, 0.15) is 0 Å². The number of imide groups is 1. The second kappa shape index (κ2) is 8.77. The van der Waals surface area contributed by atoms with E-state index in [9.17, 15) is 9.59 Å². The smallest absolute Gasteiger partial charge is 0.261 e. The van der Waals surface area contributed by atoms with Gasteiger partial charge in [-0.15, -0.1) is 0 Å². The van der Waals surface area contributed by atoms with E-state index in [1.807, 2.05) is 66.7 Å². The minimum absolute atomic E-state index is 0.241. The molecule has 0 N–H and O–H groups in total. The Morgan fingerprint density at radius 1 is 0.656 bits per heavy atom. The predicted octanol–water partition coefficient (Wildman–Crippen LogP) is 5.20. The fourth-order valence-electron chi connectivity index (χ4n) is 3.67. The number of rotatable bonds is 6. The van der Waals surface area contributed by atoms with E-state index < -0.39 is 0 Å². The maximum absolute atomic E-state index is 12.6. The lowest BCUT2D eigenvalue weighted by atomic mass is 10.1. The molecule has 0 bridgehead atoms. The Kier molecular flexibility index (Phi) is 5.52. The molecule has 5 rings (SSSR count). The van der Waals surface area contributed by atoms with Crippen LogP contribution in [-0.4, -0.2) is 39.0 Å². The largest absolute Gasteiger partial charge is 0.273 e. The predicted molar refractivity (Wildman–Crippen MR) is 125 cm³/mol. The zero-order chi connectivity index (χ0) is 21.9. The molecule has 0 radical (unpaired) electrons. The highest BCUT2D eigenvalue weighted by Gasteiger charge is 2.34. The van der Waals surface area contributed by atoms with E-state index in [0.717, 1.165) is 22.5 Å². The molecule has 4 aromatic rings. The van der Waals surface area contributed by atoms with E-state index in [1.54, 1.807) is 24.3 Å². The summed E-state index contributed by atoms with van der Waals surface area (Å²) in [6.07, 6.45) is 0. The maximum Gasteiger partial charge on any atom is 0.261 e. The second-order valence-corrected chi connectivity index (χ2v) is 8.37. The molecule has 5 nitrogen and oxygen atoms in total. The molecule has 3 aromatic carbocycles. The number of aromatic nitrogens is 2. The van der Waals surface area contributed by atoms with Gasteiger partial charge >= 0.3 is 0 Å². The fraction of sp³-hybridized carbons (Fsp3) is 0.0769. The number of hydrogen-bond donors (Lipinski definition) is 0. The van der Waals surface area contributed by atoms with Gasteiger partial charge in [0, 0.05) is 23.4 Å². The number of hydrogen-bond acceptors (Lipinski definition) is 5. The third kappa shape index (κ3) is 3.92. The quantitative estimate of drug-likeness (QED) is 0.236. The Balaban J connectivity index is 1.38. The first-order valence-electron chi connectivity index (χ1n) is 10.3. The van der Waals surface area contributed by atoms with Crippen LogP contribution >= 0.6 is 11.8 Å². The summed E-state index contributed by atoms with van der Waals surface area (Å²) in [5.74, 6) is 0.0306. The van der Waals surface area contributed by atoms with Gasteiger partial charge < -0.3 is 0 Å². The van der Waals surface area contributed by atoms with Gasteiger partial charge in [-0.05, 0) is 18.2 Å².